The van der Waals surface area contributed by atoms with E-state index in [0.29, 0.717) is 22.0 Å². The minimum absolute atomic E-state index is 0.0213. The summed E-state index contributed by atoms with van der Waals surface area (Å²) in [5, 5.41) is 12.8. The minimum Gasteiger partial charge on any atom is -0.489 e. The summed E-state index contributed by atoms with van der Waals surface area (Å²) in [5.41, 5.74) is 2.00. The zero-order chi connectivity index (χ0) is 28.9. The van der Waals surface area contributed by atoms with Crippen LogP contribution in [0.2, 0.25) is 5.02 Å². The Morgan fingerprint density at radius 3 is 2.40 bits per heavy atom. The average molecular weight is 582 g/mol. The van der Waals surface area contributed by atoms with Crippen molar-refractivity contribution in [1.82, 2.24) is 4.98 Å². The van der Waals surface area contributed by atoms with E-state index in [1.165, 1.54) is 0 Å². The van der Waals surface area contributed by atoms with Crippen molar-refractivity contribution in [1.29, 1.82) is 5.26 Å². The highest BCUT2D eigenvalue weighted by Crippen LogP contribution is 2.38. The molecule has 0 saturated heterocycles. The van der Waals surface area contributed by atoms with Crippen molar-refractivity contribution in [3.8, 4) is 23.1 Å². The van der Waals surface area contributed by atoms with Gasteiger partial charge in [-0.15, -0.1) is 0 Å². The molecule has 0 saturated carbocycles. The normalized spacial score (nSPS) is 11.1. The van der Waals surface area contributed by atoms with Gasteiger partial charge in [0.2, 0.25) is 5.91 Å². The first-order chi connectivity index (χ1) is 19.0. The van der Waals surface area contributed by atoms with Crippen LogP contribution in [0.25, 0.3) is 11.3 Å². The summed E-state index contributed by atoms with van der Waals surface area (Å²) in [7, 11) is 0. The fourth-order valence-electron chi connectivity index (χ4n) is 3.77. The third kappa shape index (κ3) is 7.34. The van der Waals surface area contributed by atoms with Gasteiger partial charge in [-0.2, -0.15) is 18.4 Å². The number of nitrogens with one attached hydrogen (secondary N) is 1. The summed E-state index contributed by atoms with van der Waals surface area (Å²) in [6.45, 7) is 4.01. The number of hydrogen-bond donors (Lipinski definition) is 1. The van der Waals surface area contributed by atoms with Crippen LogP contribution in [0, 0.1) is 25.2 Å². The molecular weight excluding hydrogens is 559 g/mol. The lowest BCUT2D eigenvalue weighted by Gasteiger charge is -2.15. The molecule has 10 heteroatoms. The predicted molar refractivity (Wildman–Crippen MR) is 150 cm³/mol. The van der Waals surface area contributed by atoms with Gasteiger partial charge in [0.1, 0.15) is 23.5 Å². The topological polar surface area (TPSA) is 75.0 Å². The van der Waals surface area contributed by atoms with Gasteiger partial charge in [0, 0.05) is 16.3 Å². The van der Waals surface area contributed by atoms with Crippen molar-refractivity contribution < 1.29 is 22.7 Å². The predicted octanol–water partition coefficient (Wildman–Crippen LogP) is 8.22. The Balaban J connectivity index is 1.55. The minimum atomic E-state index is -4.79. The van der Waals surface area contributed by atoms with E-state index in [9.17, 15) is 23.2 Å². The number of carbonyl (C=O) groups is 1. The van der Waals surface area contributed by atoms with E-state index >= 15 is 0 Å². The molecule has 1 heterocycles. The quantitative estimate of drug-likeness (QED) is 0.212. The molecule has 3 aromatic carbocycles. The summed E-state index contributed by atoms with van der Waals surface area (Å²) in [6.07, 6.45) is -4.79. The van der Waals surface area contributed by atoms with Crippen molar-refractivity contribution >= 4 is 35.0 Å². The van der Waals surface area contributed by atoms with Crippen LogP contribution in [0.1, 0.15) is 27.8 Å². The molecule has 1 amide bonds. The van der Waals surface area contributed by atoms with E-state index in [1.54, 1.807) is 42.5 Å². The number of nitrogens with zero attached hydrogens (tertiary/aromatic N) is 2. The maximum Gasteiger partial charge on any atom is 0.417 e. The summed E-state index contributed by atoms with van der Waals surface area (Å²) in [6, 6.07) is 21.6. The van der Waals surface area contributed by atoms with Crippen LogP contribution in [0.15, 0.2) is 77.8 Å². The Kier molecular flexibility index (Phi) is 9.03. The number of rotatable bonds is 8. The van der Waals surface area contributed by atoms with Crippen molar-refractivity contribution in [2.24, 2.45) is 0 Å². The van der Waals surface area contributed by atoms with Crippen LogP contribution in [-0.4, -0.2) is 16.6 Å². The van der Waals surface area contributed by atoms with Crippen LogP contribution in [0.5, 0.6) is 5.75 Å². The molecule has 1 aromatic heterocycles. The number of benzene rings is 3. The second-order valence-electron chi connectivity index (χ2n) is 8.94. The van der Waals surface area contributed by atoms with Gasteiger partial charge < -0.3 is 10.1 Å². The molecule has 0 bridgehead atoms. The summed E-state index contributed by atoms with van der Waals surface area (Å²) in [5.74, 6) is -0.139. The number of hydrogen-bond acceptors (Lipinski definition) is 5. The van der Waals surface area contributed by atoms with E-state index in [2.05, 4.69) is 10.3 Å². The number of amides is 1. The van der Waals surface area contributed by atoms with Crippen molar-refractivity contribution in [2.45, 2.75) is 31.7 Å². The number of ether oxygens (including phenoxy) is 1. The summed E-state index contributed by atoms with van der Waals surface area (Å²) in [4.78, 5) is 17.0. The van der Waals surface area contributed by atoms with E-state index < -0.39 is 23.2 Å². The monoisotopic (exact) mass is 581 g/mol. The lowest BCUT2D eigenvalue weighted by molar-refractivity contribution is -0.138. The first-order valence-corrected chi connectivity index (χ1v) is 13.4. The number of halogens is 4. The molecule has 4 aromatic rings. The Morgan fingerprint density at radius 1 is 1.05 bits per heavy atom. The zero-order valence-electron chi connectivity index (χ0n) is 21.5. The van der Waals surface area contributed by atoms with E-state index in [4.69, 9.17) is 16.3 Å². The van der Waals surface area contributed by atoms with E-state index in [-0.39, 0.29) is 23.1 Å². The molecule has 40 heavy (non-hydrogen) atoms. The molecule has 0 aliphatic heterocycles. The lowest BCUT2D eigenvalue weighted by atomic mass is 10.1. The first kappa shape index (κ1) is 29.0. The standard InChI is InChI=1S/C30H23ClF3N3O2S/c1-18-3-4-19(2)26(13-18)36-28(38)17-40-29-24(15-35)25(30(32,33)34)14-27(37-29)21-7-11-23(12-8-21)39-16-20-5-9-22(31)10-6-20/h3-14H,16-17H2,1-2H3,(H,36,38). The van der Waals surface area contributed by atoms with E-state index in [1.807, 2.05) is 44.2 Å². The number of aromatic nitrogens is 1. The van der Waals surface area contributed by atoms with Gasteiger partial charge >= 0.3 is 6.18 Å². The third-order valence-electron chi connectivity index (χ3n) is 5.88. The molecular formula is C30H23ClF3N3O2S. The van der Waals surface area contributed by atoms with Crippen LogP contribution in [-0.2, 0) is 17.6 Å². The molecule has 0 aliphatic carbocycles. The molecule has 0 aliphatic rings. The number of thioether (sulfide) groups is 1. The van der Waals surface area contributed by atoms with Crippen molar-refractivity contribution in [3.05, 3.63) is 106 Å². The molecule has 5 nitrogen and oxygen atoms in total. The molecule has 0 atom stereocenters. The zero-order valence-corrected chi connectivity index (χ0v) is 23.0. The number of pyridine rings is 1. The highest BCUT2D eigenvalue weighted by molar-refractivity contribution is 8.00. The molecule has 4 rings (SSSR count). The summed E-state index contributed by atoms with van der Waals surface area (Å²) >= 11 is 6.67. The fraction of sp³-hybridized carbons (Fsp3) is 0.167. The van der Waals surface area contributed by atoms with Crippen molar-refractivity contribution in [2.75, 3.05) is 11.1 Å². The smallest absolute Gasteiger partial charge is 0.417 e. The molecule has 0 unspecified atom stereocenters. The van der Waals surface area contributed by atoms with Gasteiger partial charge in [-0.3, -0.25) is 4.79 Å². The van der Waals surface area contributed by atoms with Crippen molar-refractivity contribution in [3.63, 3.8) is 0 Å². The Morgan fingerprint density at radius 2 is 1.75 bits per heavy atom. The number of aryl methyl sites for hydroxylation is 2. The van der Waals surface area contributed by atoms with Crippen LogP contribution >= 0.6 is 23.4 Å². The Labute approximate surface area is 239 Å². The summed E-state index contributed by atoms with van der Waals surface area (Å²) < 4.78 is 47.6. The Bertz CT molecular complexity index is 1570. The van der Waals surface area contributed by atoms with Crippen LogP contribution in [0.3, 0.4) is 0 Å². The SMILES string of the molecule is Cc1ccc(C)c(NC(=O)CSc2nc(-c3ccc(OCc4ccc(Cl)cc4)cc3)cc(C(F)(F)F)c2C#N)c1. The number of alkyl halides is 3. The number of carbonyl (C=O) groups excluding carboxylic acids is 1. The van der Waals surface area contributed by atoms with Gasteiger partial charge in [-0.1, -0.05) is 47.6 Å². The molecule has 0 fully saturated rings. The fourth-order valence-corrected chi connectivity index (χ4v) is 4.69. The van der Waals surface area contributed by atoms with Gasteiger partial charge in [0.05, 0.1) is 22.6 Å². The lowest BCUT2D eigenvalue weighted by Crippen LogP contribution is -2.16. The van der Waals surface area contributed by atoms with Crippen LogP contribution in [0.4, 0.5) is 18.9 Å². The third-order valence-corrected chi connectivity index (χ3v) is 7.11. The second-order valence-corrected chi connectivity index (χ2v) is 10.3. The van der Waals surface area contributed by atoms with Gasteiger partial charge in [0.15, 0.2) is 0 Å². The molecule has 0 spiro atoms. The van der Waals surface area contributed by atoms with Crippen LogP contribution < -0.4 is 10.1 Å². The molecule has 204 valence electrons. The maximum atomic E-state index is 13.9. The Hall–Kier alpha value is -4.00. The van der Waals surface area contributed by atoms with Gasteiger partial charge in [-0.05, 0) is 79.1 Å². The average Bonchev–Trinajstić information content (AvgIpc) is 2.93. The largest absolute Gasteiger partial charge is 0.489 e. The van der Waals surface area contributed by atoms with E-state index in [0.717, 1.165) is 34.5 Å². The van der Waals surface area contributed by atoms with Gasteiger partial charge in [0.25, 0.3) is 0 Å². The molecule has 0 radical (unpaired) electrons. The number of nitriles is 1. The first-order valence-electron chi connectivity index (χ1n) is 12.0. The second kappa shape index (κ2) is 12.5. The maximum absolute atomic E-state index is 13.9. The highest BCUT2D eigenvalue weighted by Gasteiger charge is 2.36. The van der Waals surface area contributed by atoms with Gasteiger partial charge in [-0.25, -0.2) is 4.98 Å². The number of anilines is 1. The molecule has 1 N–H and O–H groups in total. The highest BCUT2D eigenvalue weighted by atomic mass is 35.5.